The van der Waals surface area contributed by atoms with Gasteiger partial charge in [-0.3, -0.25) is 4.79 Å². The smallest absolute Gasteiger partial charge is 0.159 e. The topological polar surface area (TPSA) is 32.3 Å². The van der Waals surface area contributed by atoms with E-state index >= 15 is 0 Å². The average Bonchev–Trinajstić information content (AvgIpc) is 3.16. The van der Waals surface area contributed by atoms with E-state index in [9.17, 15) is 4.79 Å². The van der Waals surface area contributed by atoms with E-state index in [1.54, 1.807) is 6.92 Å². The van der Waals surface area contributed by atoms with Crippen LogP contribution in [0.4, 0.5) is 5.69 Å². The Morgan fingerprint density at radius 2 is 1.78 bits per heavy atom. The molecule has 0 bridgehead atoms. The Kier molecular flexibility index (Phi) is 4.95. The fraction of sp³-hybridized carbons (Fsp3) is 0.292. The zero-order valence-electron chi connectivity index (χ0n) is 16.0. The predicted molar refractivity (Wildman–Crippen MR) is 113 cm³/mol. The molecule has 1 N–H and O–H groups in total. The monoisotopic (exact) mass is 358 g/mol. The highest BCUT2D eigenvalue weighted by Crippen LogP contribution is 2.26. The second-order valence-electron chi connectivity index (χ2n) is 7.49. The molecular weight excluding hydrogens is 332 g/mol. The number of nitrogens with one attached hydrogen (secondary N) is 1. The molecule has 1 saturated heterocycles. The summed E-state index contributed by atoms with van der Waals surface area (Å²) in [7, 11) is 0. The van der Waals surface area contributed by atoms with Crippen LogP contribution in [0.3, 0.4) is 0 Å². The van der Waals surface area contributed by atoms with Gasteiger partial charge in [-0.1, -0.05) is 42.5 Å². The zero-order chi connectivity index (χ0) is 18.8. The van der Waals surface area contributed by atoms with Crippen LogP contribution in [0.2, 0.25) is 0 Å². The van der Waals surface area contributed by atoms with Gasteiger partial charge in [-0.25, -0.2) is 0 Å². The maximum Gasteiger partial charge on any atom is 0.159 e. The molecule has 27 heavy (non-hydrogen) atoms. The molecule has 3 nitrogen and oxygen atoms in total. The van der Waals surface area contributed by atoms with E-state index in [1.165, 1.54) is 22.0 Å². The Morgan fingerprint density at radius 3 is 2.56 bits per heavy atom. The first-order valence-electron chi connectivity index (χ1n) is 9.71. The first-order chi connectivity index (χ1) is 13.1. The number of rotatable bonds is 5. The third-order valence-electron chi connectivity index (χ3n) is 5.60. The van der Waals surface area contributed by atoms with E-state index in [-0.39, 0.29) is 5.78 Å². The quantitative estimate of drug-likeness (QED) is 0.654. The van der Waals surface area contributed by atoms with Crippen LogP contribution in [-0.4, -0.2) is 24.9 Å². The van der Waals surface area contributed by atoms with Crippen LogP contribution in [0.15, 0.2) is 66.7 Å². The van der Waals surface area contributed by atoms with E-state index in [4.69, 9.17) is 0 Å². The van der Waals surface area contributed by atoms with Gasteiger partial charge in [-0.05, 0) is 60.9 Å². The maximum absolute atomic E-state index is 11.5. The second-order valence-corrected chi connectivity index (χ2v) is 7.49. The van der Waals surface area contributed by atoms with Crippen molar-refractivity contribution in [1.29, 1.82) is 0 Å². The van der Waals surface area contributed by atoms with Gasteiger partial charge in [-0.15, -0.1) is 0 Å². The van der Waals surface area contributed by atoms with E-state index in [2.05, 4.69) is 71.7 Å². The van der Waals surface area contributed by atoms with Crippen molar-refractivity contribution in [2.75, 3.05) is 18.0 Å². The first-order valence-corrected chi connectivity index (χ1v) is 9.71. The Hall–Kier alpha value is -2.65. The van der Waals surface area contributed by atoms with Crippen molar-refractivity contribution in [3.8, 4) is 0 Å². The first kappa shape index (κ1) is 17.7. The Bertz CT molecular complexity index is 943. The molecule has 0 aliphatic carbocycles. The summed E-state index contributed by atoms with van der Waals surface area (Å²) in [5.74, 6) is 0.117. The molecule has 3 aromatic carbocycles. The summed E-state index contributed by atoms with van der Waals surface area (Å²) in [6, 6.07) is 23.9. The van der Waals surface area contributed by atoms with Crippen LogP contribution in [0.25, 0.3) is 10.8 Å². The number of carbonyl (C=O) groups is 1. The van der Waals surface area contributed by atoms with Crippen molar-refractivity contribution in [2.24, 2.45) is 0 Å². The SMILES string of the molecule is CC(=O)c1ccc(N2CCC(N[C@H](C)c3cccc4ccccc34)C2)cc1. The van der Waals surface area contributed by atoms with Crippen molar-refractivity contribution >= 4 is 22.2 Å². The largest absolute Gasteiger partial charge is 0.370 e. The van der Waals surface area contributed by atoms with E-state index in [0.29, 0.717) is 12.1 Å². The molecular formula is C24H26N2O. The Balaban J connectivity index is 1.44. The second kappa shape index (κ2) is 7.53. The average molecular weight is 358 g/mol. The Labute approximate surface area is 161 Å². The van der Waals surface area contributed by atoms with Gasteiger partial charge in [0.25, 0.3) is 0 Å². The van der Waals surface area contributed by atoms with E-state index < -0.39 is 0 Å². The molecule has 0 spiro atoms. The molecule has 3 heteroatoms. The molecule has 138 valence electrons. The number of carbonyl (C=O) groups excluding carboxylic acids is 1. The van der Waals surface area contributed by atoms with Gasteiger partial charge in [-0.2, -0.15) is 0 Å². The van der Waals surface area contributed by atoms with Crippen molar-refractivity contribution in [1.82, 2.24) is 5.32 Å². The number of anilines is 1. The molecule has 0 saturated carbocycles. The summed E-state index contributed by atoms with van der Waals surface area (Å²) >= 11 is 0. The summed E-state index contributed by atoms with van der Waals surface area (Å²) in [6.45, 7) is 5.90. The molecule has 1 unspecified atom stereocenters. The fourth-order valence-electron chi connectivity index (χ4n) is 4.11. The van der Waals surface area contributed by atoms with Gasteiger partial charge >= 0.3 is 0 Å². The van der Waals surface area contributed by atoms with Crippen LogP contribution >= 0.6 is 0 Å². The van der Waals surface area contributed by atoms with Gasteiger partial charge < -0.3 is 10.2 Å². The molecule has 0 aromatic heterocycles. The van der Waals surface area contributed by atoms with Crippen molar-refractivity contribution in [2.45, 2.75) is 32.4 Å². The van der Waals surface area contributed by atoms with Gasteiger partial charge in [0, 0.05) is 36.4 Å². The van der Waals surface area contributed by atoms with Crippen molar-refractivity contribution < 1.29 is 4.79 Å². The lowest BCUT2D eigenvalue weighted by molar-refractivity contribution is 0.101. The molecule has 2 atom stereocenters. The van der Waals surface area contributed by atoms with Crippen LogP contribution in [0, 0.1) is 0 Å². The predicted octanol–water partition coefficient (Wildman–Crippen LogP) is 4.97. The fourth-order valence-corrected chi connectivity index (χ4v) is 4.11. The van der Waals surface area contributed by atoms with Crippen LogP contribution in [-0.2, 0) is 0 Å². The minimum absolute atomic E-state index is 0.117. The van der Waals surface area contributed by atoms with Crippen LogP contribution < -0.4 is 10.2 Å². The number of fused-ring (bicyclic) bond motifs is 1. The molecule has 1 aliphatic heterocycles. The molecule has 1 heterocycles. The number of benzene rings is 3. The molecule has 0 amide bonds. The lowest BCUT2D eigenvalue weighted by Gasteiger charge is -2.23. The zero-order valence-corrected chi connectivity index (χ0v) is 16.0. The molecule has 0 radical (unpaired) electrons. The summed E-state index contributed by atoms with van der Waals surface area (Å²) in [4.78, 5) is 13.9. The van der Waals surface area contributed by atoms with Gasteiger partial charge in [0.15, 0.2) is 5.78 Å². The summed E-state index contributed by atoms with van der Waals surface area (Å²) in [6.07, 6.45) is 1.13. The standard InChI is InChI=1S/C24H26N2O/c1-17(23-9-5-7-20-6-3-4-8-24(20)23)25-21-14-15-26(16-21)22-12-10-19(11-13-22)18(2)27/h3-13,17,21,25H,14-16H2,1-2H3/t17-,21?/m1/s1. The lowest BCUT2D eigenvalue weighted by Crippen LogP contribution is -2.34. The molecule has 1 aliphatic rings. The Morgan fingerprint density at radius 1 is 1.04 bits per heavy atom. The van der Waals surface area contributed by atoms with E-state index in [1.807, 2.05) is 12.1 Å². The third kappa shape index (κ3) is 3.74. The molecule has 3 aromatic rings. The minimum Gasteiger partial charge on any atom is -0.370 e. The highest BCUT2D eigenvalue weighted by atomic mass is 16.1. The van der Waals surface area contributed by atoms with Crippen molar-refractivity contribution in [3.63, 3.8) is 0 Å². The van der Waals surface area contributed by atoms with Gasteiger partial charge in [0.2, 0.25) is 0 Å². The van der Waals surface area contributed by atoms with Crippen LogP contribution in [0.5, 0.6) is 0 Å². The summed E-state index contributed by atoms with van der Waals surface area (Å²) in [5, 5.41) is 6.44. The number of Topliss-reactive ketones (excluding diaryl/α,β-unsaturated/α-hetero) is 1. The summed E-state index contributed by atoms with van der Waals surface area (Å²) in [5.41, 5.74) is 3.33. The minimum atomic E-state index is 0.117. The molecule has 4 rings (SSSR count). The number of nitrogens with zero attached hydrogens (tertiary/aromatic N) is 1. The summed E-state index contributed by atoms with van der Waals surface area (Å²) < 4.78 is 0. The third-order valence-corrected chi connectivity index (χ3v) is 5.60. The normalized spacial score (nSPS) is 18.0. The van der Waals surface area contributed by atoms with Crippen molar-refractivity contribution in [3.05, 3.63) is 77.9 Å². The van der Waals surface area contributed by atoms with Crippen LogP contribution in [0.1, 0.15) is 42.2 Å². The molecule has 1 fully saturated rings. The number of ketones is 1. The maximum atomic E-state index is 11.5. The highest BCUT2D eigenvalue weighted by Gasteiger charge is 2.24. The van der Waals surface area contributed by atoms with E-state index in [0.717, 1.165) is 25.1 Å². The number of hydrogen-bond donors (Lipinski definition) is 1. The van der Waals surface area contributed by atoms with Gasteiger partial charge in [0.1, 0.15) is 0 Å². The number of hydrogen-bond acceptors (Lipinski definition) is 3. The highest BCUT2D eigenvalue weighted by molar-refractivity contribution is 5.94. The lowest BCUT2D eigenvalue weighted by atomic mass is 9.99. The van der Waals surface area contributed by atoms with Gasteiger partial charge in [0.05, 0.1) is 0 Å².